The van der Waals surface area contributed by atoms with E-state index in [-0.39, 0.29) is 18.2 Å². The molecule has 0 aliphatic heterocycles. The summed E-state index contributed by atoms with van der Waals surface area (Å²) >= 11 is 4.32. The van der Waals surface area contributed by atoms with Crippen LogP contribution in [-0.2, 0) is 6.42 Å². The molecule has 0 aliphatic rings. The number of ether oxygens (including phenoxy) is 1. The molecule has 0 amide bonds. The summed E-state index contributed by atoms with van der Waals surface area (Å²) in [5.74, 6) is 1.79. The van der Waals surface area contributed by atoms with Gasteiger partial charge in [0, 0.05) is 0 Å². The maximum atomic E-state index is 9.48. The lowest BCUT2D eigenvalue weighted by molar-refractivity contribution is 0.459. The SMILES string of the molecule is Cl.NCCc1ccc(Oc2ccc(O)c(I)c2)c(I)c1. The van der Waals surface area contributed by atoms with Gasteiger partial charge in [-0.05, 0) is 94.0 Å². The van der Waals surface area contributed by atoms with Gasteiger partial charge in [-0.25, -0.2) is 0 Å². The van der Waals surface area contributed by atoms with Gasteiger partial charge in [0.15, 0.2) is 0 Å². The normalized spacial score (nSPS) is 9.95. The van der Waals surface area contributed by atoms with Crippen molar-refractivity contribution in [3.8, 4) is 17.2 Å². The summed E-state index contributed by atoms with van der Waals surface area (Å²) in [6.45, 7) is 0.645. The van der Waals surface area contributed by atoms with Crippen molar-refractivity contribution < 1.29 is 9.84 Å². The number of nitrogens with two attached hydrogens (primary N) is 1. The lowest BCUT2D eigenvalue weighted by atomic mass is 10.1. The molecular formula is C14H14ClI2NO2. The average Bonchev–Trinajstić information content (AvgIpc) is 2.37. The molecule has 108 valence electrons. The Balaban J connectivity index is 0.00000200. The van der Waals surface area contributed by atoms with Gasteiger partial charge in [-0.15, -0.1) is 12.4 Å². The summed E-state index contributed by atoms with van der Waals surface area (Å²) in [4.78, 5) is 0. The molecular weight excluding hydrogens is 503 g/mol. The van der Waals surface area contributed by atoms with Gasteiger partial charge in [0.05, 0.1) is 7.14 Å². The van der Waals surface area contributed by atoms with E-state index in [2.05, 4.69) is 51.2 Å². The minimum absolute atomic E-state index is 0. The van der Waals surface area contributed by atoms with Crippen molar-refractivity contribution >= 4 is 57.6 Å². The summed E-state index contributed by atoms with van der Waals surface area (Å²) in [5, 5.41) is 9.48. The van der Waals surface area contributed by atoms with E-state index in [4.69, 9.17) is 10.5 Å². The molecule has 0 atom stereocenters. The molecule has 2 aromatic carbocycles. The van der Waals surface area contributed by atoms with E-state index in [0.29, 0.717) is 12.3 Å². The highest BCUT2D eigenvalue weighted by molar-refractivity contribution is 14.1. The first kappa shape index (κ1) is 17.8. The van der Waals surface area contributed by atoms with Crippen molar-refractivity contribution in [2.45, 2.75) is 6.42 Å². The van der Waals surface area contributed by atoms with Crippen LogP contribution in [-0.4, -0.2) is 11.7 Å². The van der Waals surface area contributed by atoms with E-state index >= 15 is 0 Å². The fourth-order valence-electron chi connectivity index (χ4n) is 1.63. The molecule has 2 rings (SSSR count). The standard InChI is InChI=1S/C14H13I2NO2.ClH/c15-11-8-10(2-3-13(11)18)19-14-4-1-9(5-6-17)7-12(14)16;/h1-4,7-8,18H,5-6,17H2;1H. The fraction of sp³-hybridized carbons (Fsp3) is 0.143. The highest BCUT2D eigenvalue weighted by Crippen LogP contribution is 2.31. The maximum Gasteiger partial charge on any atom is 0.140 e. The summed E-state index contributed by atoms with van der Waals surface area (Å²) in [6.07, 6.45) is 0.868. The number of benzene rings is 2. The molecule has 0 aromatic heterocycles. The average molecular weight is 518 g/mol. The van der Waals surface area contributed by atoms with E-state index in [1.807, 2.05) is 12.1 Å². The summed E-state index contributed by atoms with van der Waals surface area (Å²) in [6, 6.07) is 11.2. The highest BCUT2D eigenvalue weighted by Gasteiger charge is 2.06. The number of hydrogen-bond acceptors (Lipinski definition) is 3. The van der Waals surface area contributed by atoms with Gasteiger partial charge in [0.1, 0.15) is 17.2 Å². The molecule has 0 saturated carbocycles. The fourth-order valence-corrected chi connectivity index (χ4v) is 2.80. The third-order valence-corrected chi connectivity index (χ3v) is 4.28. The second-order valence-corrected chi connectivity index (χ2v) is 6.34. The number of halogens is 3. The number of aromatic hydroxyl groups is 1. The monoisotopic (exact) mass is 517 g/mol. The zero-order valence-corrected chi connectivity index (χ0v) is 15.6. The molecule has 0 unspecified atom stereocenters. The first-order valence-corrected chi connectivity index (χ1v) is 7.91. The Kier molecular flexibility index (Phi) is 7.35. The van der Waals surface area contributed by atoms with Gasteiger partial charge in [0.2, 0.25) is 0 Å². The minimum atomic E-state index is 0. The summed E-state index contributed by atoms with van der Waals surface area (Å²) < 4.78 is 7.64. The zero-order valence-electron chi connectivity index (χ0n) is 10.5. The van der Waals surface area contributed by atoms with Crippen molar-refractivity contribution in [2.75, 3.05) is 6.54 Å². The molecule has 0 radical (unpaired) electrons. The Morgan fingerprint density at radius 3 is 2.40 bits per heavy atom. The van der Waals surface area contributed by atoms with Crippen molar-refractivity contribution in [1.82, 2.24) is 0 Å². The summed E-state index contributed by atoms with van der Waals surface area (Å²) in [5.41, 5.74) is 6.75. The quantitative estimate of drug-likeness (QED) is 0.595. The van der Waals surface area contributed by atoms with Crippen LogP contribution in [0.4, 0.5) is 0 Å². The van der Waals surface area contributed by atoms with Crippen LogP contribution in [0, 0.1) is 7.14 Å². The van der Waals surface area contributed by atoms with E-state index in [9.17, 15) is 5.11 Å². The highest BCUT2D eigenvalue weighted by atomic mass is 127. The third-order valence-electron chi connectivity index (χ3n) is 2.58. The molecule has 0 bridgehead atoms. The van der Waals surface area contributed by atoms with Crippen LogP contribution in [0.3, 0.4) is 0 Å². The Labute approximate surface area is 151 Å². The molecule has 0 aliphatic carbocycles. The van der Waals surface area contributed by atoms with Crippen LogP contribution in [0.1, 0.15) is 5.56 Å². The largest absolute Gasteiger partial charge is 0.507 e. The zero-order chi connectivity index (χ0) is 13.8. The second kappa shape index (κ2) is 8.26. The van der Waals surface area contributed by atoms with Gasteiger partial charge in [0.25, 0.3) is 0 Å². The lowest BCUT2D eigenvalue weighted by Crippen LogP contribution is -2.02. The lowest BCUT2D eigenvalue weighted by Gasteiger charge is -2.10. The van der Waals surface area contributed by atoms with Crippen molar-refractivity contribution in [3.63, 3.8) is 0 Å². The molecule has 0 heterocycles. The number of phenolic OH excluding ortho intramolecular Hbond substituents is 1. The predicted octanol–water partition coefficient (Wildman–Crippen LogP) is 4.32. The van der Waals surface area contributed by atoms with Crippen LogP contribution >= 0.6 is 57.6 Å². The smallest absolute Gasteiger partial charge is 0.140 e. The van der Waals surface area contributed by atoms with Crippen LogP contribution < -0.4 is 10.5 Å². The summed E-state index contributed by atoms with van der Waals surface area (Å²) in [7, 11) is 0. The molecule has 0 spiro atoms. The minimum Gasteiger partial charge on any atom is -0.507 e. The van der Waals surface area contributed by atoms with Crippen LogP contribution in [0.2, 0.25) is 0 Å². The van der Waals surface area contributed by atoms with Gasteiger partial charge in [-0.1, -0.05) is 6.07 Å². The van der Waals surface area contributed by atoms with Crippen LogP contribution in [0.15, 0.2) is 36.4 Å². The second-order valence-electron chi connectivity index (χ2n) is 4.02. The molecule has 2 aromatic rings. The van der Waals surface area contributed by atoms with E-state index in [1.54, 1.807) is 18.2 Å². The van der Waals surface area contributed by atoms with Gasteiger partial charge < -0.3 is 15.6 Å². The molecule has 0 fully saturated rings. The number of hydrogen-bond donors (Lipinski definition) is 2. The molecule has 3 nitrogen and oxygen atoms in total. The third kappa shape index (κ3) is 4.64. The predicted molar refractivity (Wildman–Crippen MR) is 100 cm³/mol. The van der Waals surface area contributed by atoms with Crippen molar-refractivity contribution in [2.24, 2.45) is 5.73 Å². The molecule has 3 N–H and O–H groups in total. The van der Waals surface area contributed by atoms with E-state index in [0.717, 1.165) is 19.3 Å². The van der Waals surface area contributed by atoms with Crippen LogP contribution in [0.25, 0.3) is 0 Å². The Hall–Kier alpha value is -0.250. The van der Waals surface area contributed by atoms with E-state index in [1.165, 1.54) is 5.56 Å². The number of rotatable bonds is 4. The maximum absolute atomic E-state index is 9.48. The Bertz CT molecular complexity index is 593. The van der Waals surface area contributed by atoms with Crippen molar-refractivity contribution in [1.29, 1.82) is 0 Å². The molecule has 0 saturated heterocycles. The van der Waals surface area contributed by atoms with Gasteiger partial charge in [-0.3, -0.25) is 0 Å². The Morgan fingerprint density at radius 1 is 1.05 bits per heavy atom. The van der Waals surface area contributed by atoms with Gasteiger partial charge in [-0.2, -0.15) is 0 Å². The molecule has 6 heteroatoms. The first-order valence-electron chi connectivity index (χ1n) is 5.75. The topological polar surface area (TPSA) is 55.5 Å². The molecule has 20 heavy (non-hydrogen) atoms. The van der Waals surface area contributed by atoms with Crippen LogP contribution in [0.5, 0.6) is 17.2 Å². The van der Waals surface area contributed by atoms with E-state index < -0.39 is 0 Å². The Morgan fingerprint density at radius 2 is 1.80 bits per heavy atom. The first-order chi connectivity index (χ1) is 9.10. The van der Waals surface area contributed by atoms with Gasteiger partial charge >= 0.3 is 0 Å². The number of phenols is 1. The van der Waals surface area contributed by atoms with Crippen molar-refractivity contribution in [3.05, 3.63) is 49.1 Å².